The Hall–Kier alpha value is -2.45. The predicted octanol–water partition coefficient (Wildman–Crippen LogP) is 2.37. The molecule has 0 radical (unpaired) electrons. The zero-order valence-electron chi connectivity index (χ0n) is 14.1. The van der Waals surface area contributed by atoms with Crippen LogP contribution in [0.25, 0.3) is 0 Å². The summed E-state index contributed by atoms with van der Waals surface area (Å²) in [7, 11) is 0. The van der Waals surface area contributed by atoms with Crippen molar-refractivity contribution in [3.05, 3.63) is 45.9 Å². The third-order valence-corrected chi connectivity index (χ3v) is 4.86. The van der Waals surface area contributed by atoms with Crippen LogP contribution in [0.3, 0.4) is 0 Å². The lowest BCUT2D eigenvalue weighted by atomic mass is 10.2. The monoisotopic (exact) mass is 376 g/mol. The number of thiazole rings is 1. The predicted molar refractivity (Wildman–Crippen MR) is 96.0 cm³/mol. The fourth-order valence-corrected chi connectivity index (χ4v) is 3.37. The molecule has 2 N–H and O–H groups in total. The third-order valence-electron chi connectivity index (χ3n) is 3.95. The Bertz CT molecular complexity index is 770. The Morgan fingerprint density at radius 3 is 3.04 bits per heavy atom. The Morgan fingerprint density at radius 1 is 1.42 bits per heavy atom. The van der Waals surface area contributed by atoms with Crippen molar-refractivity contribution in [3.63, 3.8) is 0 Å². The number of hydrogen-bond donors (Lipinski definition) is 2. The van der Waals surface area contributed by atoms with Crippen molar-refractivity contribution in [2.45, 2.75) is 25.4 Å². The Kier molecular flexibility index (Phi) is 6.19. The van der Waals surface area contributed by atoms with Gasteiger partial charge in [-0.3, -0.25) is 4.79 Å². The van der Waals surface area contributed by atoms with Crippen molar-refractivity contribution in [1.29, 1.82) is 0 Å². The van der Waals surface area contributed by atoms with Gasteiger partial charge in [0.15, 0.2) is 5.69 Å². The first kappa shape index (κ1) is 18.3. The number of aromatic nitrogens is 1. The van der Waals surface area contributed by atoms with E-state index in [1.807, 2.05) is 6.07 Å². The van der Waals surface area contributed by atoms with Gasteiger partial charge in [0.1, 0.15) is 12.4 Å². The second kappa shape index (κ2) is 8.77. The van der Waals surface area contributed by atoms with Crippen LogP contribution in [0, 0.1) is 0 Å². The van der Waals surface area contributed by atoms with Crippen LogP contribution < -0.4 is 10.1 Å². The quantitative estimate of drug-likeness (QED) is 0.734. The highest BCUT2D eigenvalue weighted by molar-refractivity contribution is 7.09. The molecule has 1 unspecified atom stereocenters. The van der Waals surface area contributed by atoms with Gasteiger partial charge in [-0.15, -0.1) is 11.3 Å². The minimum Gasteiger partial charge on any atom is -0.491 e. The summed E-state index contributed by atoms with van der Waals surface area (Å²) in [5.74, 6) is -0.613. The lowest BCUT2D eigenvalue weighted by Gasteiger charge is -2.12. The summed E-state index contributed by atoms with van der Waals surface area (Å²) in [4.78, 5) is 27.1. The highest BCUT2D eigenvalue weighted by atomic mass is 32.1. The van der Waals surface area contributed by atoms with Gasteiger partial charge in [-0.2, -0.15) is 0 Å². The molecule has 1 aliphatic heterocycles. The minimum atomic E-state index is -1.05. The number of aromatic carboxylic acids is 1. The maximum atomic E-state index is 12.3. The number of carboxylic acid groups (broad SMARTS) is 1. The molecule has 1 saturated heterocycles. The molecule has 7 nitrogen and oxygen atoms in total. The van der Waals surface area contributed by atoms with E-state index in [2.05, 4.69) is 10.3 Å². The van der Waals surface area contributed by atoms with Crippen molar-refractivity contribution in [1.82, 2.24) is 10.3 Å². The fourth-order valence-electron chi connectivity index (χ4n) is 2.60. The van der Waals surface area contributed by atoms with E-state index in [9.17, 15) is 9.59 Å². The van der Waals surface area contributed by atoms with Gasteiger partial charge < -0.3 is 19.9 Å². The molecule has 2 aromatic rings. The van der Waals surface area contributed by atoms with Gasteiger partial charge in [0.05, 0.1) is 11.1 Å². The summed E-state index contributed by atoms with van der Waals surface area (Å²) in [6, 6.07) is 7.02. The van der Waals surface area contributed by atoms with E-state index in [4.69, 9.17) is 14.6 Å². The second-order valence-corrected chi connectivity index (χ2v) is 6.85. The van der Waals surface area contributed by atoms with Crippen LogP contribution in [-0.2, 0) is 11.2 Å². The number of rotatable bonds is 8. The molecule has 1 amide bonds. The summed E-state index contributed by atoms with van der Waals surface area (Å²) in [5, 5.41) is 13.8. The smallest absolute Gasteiger partial charge is 0.355 e. The SMILES string of the molecule is O=C(NCCc1nc(C(=O)O)cs1)c1cccc(OCC2CCCO2)c1. The molecule has 2 heterocycles. The fraction of sp³-hybridized carbons (Fsp3) is 0.389. The Labute approximate surface area is 155 Å². The molecule has 0 aliphatic carbocycles. The molecular weight excluding hydrogens is 356 g/mol. The highest BCUT2D eigenvalue weighted by Crippen LogP contribution is 2.17. The first-order valence-corrected chi connectivity index (χ1v) is 9.30. The van der Waals surface area contributed by atoms with Gasteiger partial charge in [-0.05, 0) is 31.0 Å². The Balaban J connectivity index is 1.47. The van der Waals surface area contributed by atoms with Gasteiger partial charge in [0, 0.05) is 30.5 Å². The lowest BCUT2D eigenvalue weighted by molar-refractivity contribution is 0.0678. The van der Waals surface area contributed by atoms with Crippen LogP contribution in [0.15, 0.2) is 29.6 Å². The van der Waals surface area contributed by atoms with Crippen LogP contribution >= 0.6 is 11.3 Å². The van der Waals surface area contributed by atoms with E-state index >= 15 is 0 Å². The molecule has 1 aromatic heterocycles. The summed E-state index contributed by atoms with van der Waals surface area (Å²) in [5.41, 5.74) is 0.549. The summed E-state index contributed by atoms with van der Waals surface area (Å²) in [6.45, 7) is 1.65. The molecule has 0 saturated carbocycles. The van der Waals surface area contributed by atoms with E-state index < -0.39 is 5.97 Å². The molecular formula is C18H20N2O5S. The zero-order valence-corrected chi connectivity index (χ0v) is 15.0. The minimum absolute atomic E-state index is 0.0346. The number of carbonyl (C=O) groups excluding carboxylic acids is 1. The van der Waals surface area contributed by atoms with Gasteiger partial charge >= 0.3 is 5.97 Å². The maximum absolute atomic E-state index is 12.3. The average molecular weight is 376 g/mol. The van der Waals surface area contributed by atoms with Crippen molar-refractivity contribution in [3.8, 4) is 5.75 Å². The van der Waals surface area contributed by atoms with Crippen LogP contribution in [0.1, 0.15) is 38.7 Å². The number of benzene rings is 1. The van der Waals surface area contributed by atoms with E-state index in [0.29, 0.717) is 35.9 Å². The summed E-state index contributed by atoms with van der Waals surface area (Å²) < 4.78 is 11.2. The van der Waals surface area contributed by atoms with Crippen molar-refractivity contribution >= 4 is 23.2 Å². The van der Waals surface area contributed by atoms with Crippen LogP contribution in [-0.4, -0.2) is 47.8 Å². The molecule has 1 atom stereocenters. The van der Waals surface area contributed by atoms with Crippen LogP contribution in [0.5, 0.6) is 5.75 Å². The van der Waals surface area contributed by atoms with E-state index in [1.165, 1.54) is 16.7 Å². The first-order valence-electron chi connectivity index (χ1n) is 8.42. The van der Waals surface area contributed by atoms with Crippen molar-refractivity contribution in [2.75, 3.05) is 19.8 Å². The molecule has 1 aromatic carbocycles. The first-order chi connectivity index (χ1) is 12.6. The van der Waals surface area contributed by atoms with Gasteiger partial charge in [-0.1, -0.05) is 6.07 Å². The standard InChI is InChI=1S/C18H20N2O5S/c21-17(19-7-6-16-20-15(11-26-16)18(22)23)12-3-1-4-13(9-12)25-10-14-5-2-8-24-14/h1,3-4,9,11,14H,2,5-8,10H2,(H,19,21)(H,22,23). The van der Waals surface area contributed by atoms with Gasteiger partial charge in [-0.25, -0.2) is 9.78 Å². The zero-order chi connectivity index (χ0) is 18.4. The summed E-state index contributed by atoms with van der Waals surface area (Å²) >= 11 is 1.27. The molecule has 0 spiro atoms. The Morgan fingerprint density at radius 2 is 2.31 bits per heavy atom. The van der Waals surface area contributed by atoms with Crippen LogP contribution in [0.2, 0.25) is 0 Å². The maximum Gasteiger partial charge on any atom is 0.355 e. The number of hydrogen-bond acceptors (Lipinski definition) is 6. The van der Waals surface area contributed by atoms with E-state index in [-0.39, 0.29) is 17.7 Å². The topological polar surface area (TPSA) is 97.8 Å². The number of nitrogens with one attached hydrogen (secondary N) is 1. The molecule has 1 aliphatic rings. The van der Waals surface area contributed by atoms with Crippen molar-refractivity contribution in [2.24, 2.45) is 0 Å². The summed E-state index contributed by atoms with van der Waals surface area (Å²) in [6.07, 6.45) is 2.67. The molecule has 8 heteroatoms. The second-order valence-electron chi connectivity index (χ2n) is 5.91. The number of amides is 1. The largest absolute Gasteiger partial charge is 0.491 e. The number of ether oxygens (including phenoxy) is 2. The number of carboxylic acids is 1. The van der Waals surface area contributed by atoms with Crippen LogP contribution in [0.4, 0.5) is 0 Å². The molecule has 1 fully saturated rings. The molecule has 3 rings (SSSR count). The van der Waals surface area contributed by atoms with E-state index in [0.717, 1.165) is 19.4 Å². The lowest BCUT2D eigenvalue weighted by Crippen LogP contribution is -2.25. The molecule has 26 heavy (non-hydrogen) atoms. The average Bonchev–Trinajstić information content (AvgIpc) is 3.32. The normalized spacial score (nSPS) is 16.4. The molecule has 138 valence electrons. The van der Waals surface area contributed by atoms with E-state index in [1.54, 1.807) is 18.2 Å². The van der Waals surface area contributed by atoms with Crippen molar-refractivity contribution < 1.29 is 24.2 Å². The third kappa shape index (κ3) is 5.03. The van der Waals surface area contributed by atoms with Gasteiger partial charge in [0.25, 0.3) is 5.91 Å². The number of carbonyl (C=O) groups is 2. The molecule has 0 bridgehead atoms. The number of nitrogens with zero attached hydrogens (tertiary/aromatic N) is 1. The highest BCUT2D eigenvalue weighted by Gasteiger charge is 2.16. The van der Waals surface area contributed by atoms with Gasteiger partial charge in [0.2, 0.25) is 0 Å².